The number of pyridine rings is 1. The first-order valence-corrected chi connectivity index (χ1v) is 4.54. The molecule has 0 aliphatic heterocycles. The average Bonchev–Trinajstić information content (AvgIpc) is 2.14. The molecule has 0 aromatic carbocycles. The van der Waals surface area contributed by atoms with Crippen LogP contribution in [0, 0.1) is 10.1 Å². The molecule has 0 fully saturated rings. The molecule has 1 aromatic heterocycles. The van der Waals surface area contributed by atoms with Crippen LogP contribution in [0.15, 0.2) is 16.9 Å². The molecule has 0 spiro atoms. The first-order chi connectivity index (χ1) is 6.65. The largest absolute Gasteiger partial charge is 0.377 e. The minimum atomic E-state index is -0.586. The Morgan fingerprint density at radius 2 is 2.43 bits per heavy atom. The van der Waals surface area contributed by atoms with Gasteiger partial charge in [0.1, 0.15) is 23.2 Å². The minimum absolute atomic E-state index is 0.0390. The van der Waals surface area contributed by atoms with Crippen LogP contribution < -0.4 is 5.32 Å². The van der Waals surface area contributed by atoms with E-state index in [1.807, 2.05) is 0 Å². The van der Waals surface area contributed by atoms with E-state index in [9.17, 15) is 14.5 Å². The molecule has 76 valence electrons. The van der Waals surface area contributed by atoms with Crippen LogP contribution in [0.1, 0.15) is 0 Å². The van der Waals surface area contributed by atoms with Gasteiger partial charge in [0.15, 0.2) is 0 Å². The fraction of sp³-hybridized carbons (Fsp3) is 0.286. The number of hydrogen-bond acceptors (Lipinski definition) is 4. The Labute approximate surface area is 87.6 Å². The van der Waals surface area contributed by atoms with E-state index in [1.165, 1.54) is 6.07 Å². The Kier molecular flexibility index (Phi) is 3.75. The van der Waals surface area contributed by atoms with Gasteiger partial charge in [-0.15, -0.1) is 0 Å². The third-order valence-electron chi connectivity index (χ3n) is 1.46. The number of rotatable bonds is 4. The number of anilines is 1. The van der Waals surface area contributed by atoms with Crippen molar-refractivity contribution in [2.24, 2.45) is 0 Å². The summed E-state index contributed by atoms with van der Waals surface area (Å²) in [6.07, 6.45) is 1.12. The van der Waals surface area contributed by atoms with Crippen molar-refractivity contribution in [1.29, 1.82) is 0 Å². The van der Waals surface area contributed by atoms with Crippen molar-refractivity contribution < 1.29 is 9.31 Å². The highest BCUT2D eigenvalue weighted by Crippen LogP contribution is 2.25. The van der Waals surface area contributed by atoms with Gasteiger partial charge in [0.05, 0.1) is 4.92 Å². The van der Waals surface area contributed by atoms with Crippen LogP contribution in [-0.2, 0) is 0 Å². The summed E-state index contributed by atoms with van der Waals surface area (Å²) in [6.45, 7) is -0.547. The lowest BCUT2D eigenvalue weighted by Gasteiger charge is -2.04. The van der Waals surface area contributed by atoms with Crippen molar-refractivity contribution in [2.45, 2.75) is 0 Å². The molecule has 0 unspecified atom stereocenters. The van der Waals surface area contributed by atoms with Crippen molar-refractivity contribution in [2.75, 3.05) is 18.5 Å². The van der Waals surface area contributed by atoms with E-state index in [2.05, 4.69) is 26.2 Å². The Bertz CT molecular complexity index is 348. The van der Waals surface area contributed by atoms with Crippen molar-refractivity contribution >= 4 is 27.3 Å². The quantitative estimate of drug-likeness (QED) is 0.514. The molecule has 0 saturated heterocycles. The second-order valence-corrected chi connectivity index (χ2v) is 3.21. The lowest BCUT2D eigenvalue weighted by atomic mass is 10.3. The van der Waals surface area contributed by atoms with Gasteiger partial charge in [-0.3, -0.25) is 10.1 Å². The van der Waals surface area contributed by atoms with Crippen LogP contribution in [0.3, 0.4) is 0 Å². The van der Waals surface area contributed by atoms with E-state index < -0.39 is 11.6 Å². The summed E-state index contributed by atoms with van der Waals surface area (Å²) in [4.78, 5) is 13.7. The maximum absolute atomic E-state index is 11.9. The van der Waals surface area contributed by atoms with Crippen LogP contribution >= 0.6 is 15.9 Å². The van der Waals surface area contributed by atoms with E-state index in [1.54, 1.807) is 0 Å². The first kappa shape index (κ1) is 10.8. The molecule has 1 heterocycles. The molecule has 1 rings (SSSR count). The second-order valence-electron chi connectivity index (χ2n) is 2.40. The van der Waals surface area contributed by atoms with Gasteiger partial charge >= 0.3 is 5.69 Å². The number of halogens is 2. The Morgan fingerprint density at radius 1 is 1.71 bits per heavy atom. The van der Waals surface area contributed by atoms with Crippen LogP contribution in [0.25, 0.3) is 0 Å². The molecule has 0 amide bonds. The highest BCUT2D eigenvalue weighted by atomic mass is 79.9. The Balaban J connectivity index is 2.97. The molecule has 7 heteroatoms. The van der Waals surface area contributed by atoms with E-state index in [0.29, 0.717) is 4.60 Å². The maximum atomic E-state index is 11.9. The molecule has 1 N–H and O–H groups in total. The monoisotopic (exact) mass is 263 g/mol. The molecule has 0 aliphatic carbocycles. The molecule has 0 atom stereocenters. The van der Waals surface area contributed by atoms with Gasteiger partial charge in [-0.05, 0) is 15.9 Å². The van der Waals surface area contributed by atoms with E-state index in [-0.39, 0.29) is 17.9 Å². The molecule has 0 aliphatic rings. The second kappa shape index (κ2) is 4.85. The lowest BCUT2D eigenvalue weighted by Crippen LogP contribution is -2.05. The van der Waals surface area contributed by atoms with Gasteiger partial charge in [-0.25, -0.2) is 9.37 Å². The summed E-state index contributed by atoms with van der Waals surface area (Å²) in [5, 5.41) is 13.1. The zero-order valence-electron chi connectivity index (χ0n) is 7.04. The molecular weight excluding hydrogens is 257 g/mol. The van der Waals surface area contributed by atoms with Crippen LogP contribution in [0.5, 0.6) is 0 Å². The van der Waals surface area contributed by atoms with Crippen molar-refractivity contribution in [1.82, 2.24) is 4.98 Å². The van der Waals surface area contributed by atoms with Crippen molar-refractivity contribution in [3.8, 4) is 0 Å². The third-order valence-corrected chi connectivity index (χ3v) is 1.89. The topological polar surface area (TPSA) is 68.1 Å². The van der Waals surface area contributed by atoms with Gasteiger partial charge < -0.3 is 5.32 Å². The number of hydrogen-bond donors (Lipinski definition) is 1. The summed E-state index contributed by atoms with van der Waals surface area (Å²) < 4.78 is 12.3. The van der Waals surface area contributed by atoms with Crippen molar-refractivity contribution in [3.63, 3.8) is 0 Å². The molecule has 14 heavy (non-hydrogen) atoms. The third kappa shape index (κ3) is 2.63. The highest BCUT2D eigenvalue weighted by Gasteiger charge is 2.13. The number of aromatic nitrogens is 1. The zero-order chi connectivity index (χ0) is 10.6. The number of alkyl halides is 1. The first-order valence-electron chi connectivity index (χ1n) is 3.75. The number of nitrogens with one attached hydrogen (secondary N) is 1. The summed E-state index contributed by atoms with van der Waals surface area (Å²) in [7, 11) is 0. The summed E-state index contributed by atoms with van der Waals surface area (Å²) in [5.74, 6) is 0. The lowest BCUT2D eigenvalue weighted by molar-refractivity contribution is -0.384. The van der Waals surface area contributed by atoms with E-state index >= 15 is 0 Å². The fourth-order valence-electron chi connectivity index (χ4n) is 0.892. The molecule has 0 radical (unpaired) electrons. The predicted molar refractivity (Wildman–Crippen MR) is 53.1 cm³/mol. The highest BCUT2D eigenvalue weighted by molar-refractivity contribution is 9.10. The van der Waals surface area contributed by atoms with Crippen LogP contribution in [0.4, 0.5) is 15.8 Å². The van der Waals surface area contributed by atoms with E-state index in [4.69, 9.17) is 0 Å². The number of nitrogens with zero attached hydrogens (tertiary/aromatic N) is 2. The van der Waals surface area contributed by atoms with Gasteiger partial charge in [0.25, 0.3) is 0 Å². The summed E-state index contributed by atoms with van der Waals surface area (Å²) in [6, 6.07) is 1.44. The fourth-order valence-corrected chi connectivity index (χ4v) is 1.22. The van der Waals surface area contributed by atoms with Gasteiger partial charge in [0, 0.05) is 12.6 Å². The van der Waals surface area contributed by atoms with Crippen LogP contribution in [-0.4, -0.2) is 23.1 Å². The standard InChI is InChI=1S/C7H7BrFN3O2/c8-7-3-5(10-2-1-9)6(4-11-7)12(13)14/h3-4H,1-2H2,(H,10,11). The van der Waals surface area contributed by atoms with E-state index in [0.717, 1.165) is 6.20 Å². The summed E-state index contributed by atoms with van der Waals surface area (Å²) >= 11 is 3.07. The summed E-state index contributed by atoms with van der Waals surface area (Å²) in [5.41, 5.74) is 0.0937. The smallest absolute Gasteiger partial charge is 0.310 e. The zero-order valence-corrected chi connectivity index (χ0v) is 8.62. The molecular formula is C7H7BrFN3O2. The van der Waals surface area contributed by atoms with Crippen molar-refractivity contribution in [3.05, 3.63) is 27.0 Å². The molecule has 0 saturated carbocycles. The maximum Gasteiger partial charge on any atom is 0.310 e. The Morgan fingerprint density at radius 3 is 3.00 bits per heavy atom. The van der Waals surface area contributed by atoms with Gasteiger partial charge in [0.2, 0.25) is 0 Å². The van der Waals surface area contributed by atoms with Gasteiger partial charge in [-0.2, -0.15) is 0 Å². The number of nitro groups is 1. The molecule has 5 nitrogen and oxygen atoms in total. The molecule has 0 bridgehead atoms. The SMILES string of the molecule is O=[N+]([O-])c1cnc(Br)cc1NCCF. The average molecular weight is 264 g/mol. The van der Waals surface area contributed by atoms with Crippen LogP contribution in [0.2, 0.25) is 0 Å². The minimum Gasteiger partial charge on any atom is -0.377 e. The normalized spacial score (nSPS) is 9.86. The van der Waals surface area contributed by atoms with Gasteiger partial charge in [-0.1, -0.05) is 0 Å². The Hall–Kier alpha value is -1.24. The molecule has 1 aromatic rings. The predicted octanol–water partition coefficient (Wildman–Crippen LogP) is 2.13.